The zero-order chi connectivity index (χ0) is 25.9. The highest BCUT2D eigenvalue weighted by molar-refractivity contribution is 6.07. The summed E-state index contributed by atoms with van der Waals surface area (Å²) >= 11 is 0. The van der Waals surface area contributed by atoms with Crippen LogP contribution in [-0.2, 0) is 17.4 Å². The molecule has 0 saturated carbocycles. The Balaban J connectivity index is 1.69. The van der Waals surface area contributed by atoms with Crippen LogP contribution in [0.1, 0.15) is 55.4 Å². The first kappa shape index (κ1) is 23.8. The molecule has 1 aliphatic heterocycles. The maximum absolute atomic E-state index is 10.8. The highest BCUT2D eigenvalue weighted by Crippen LogP contribution is 2.42. The molecule has 0 bridgehead atoms. The Morgan fingerprint density at radius 1 is 1.08 bits per heavy atom. The number of rotatable bonds is 5. The van der Waals surface area contributed by atoms with Crippen molar-refractivity contribution in [1.82, 2.24) is 29.7 Å². The fourth-order valence-electron chi connectivity index (χ4n) is 5.68. The molecule has 9 heteroatoms. The summed E-state index contributed by atoms with van der Waals surface area (Å²) in [5.74, 6) is 1.08. The molecule has 1 aliphatic rings. The topological polar surface area (TPSA) is 104 Å². The third kappa shape index (κ3) is 4.02. The van der Waals surface area contributed by atoms with Gasteiger partial charge in [0.25, 0.3) is 0 Å². The van der Waals surface area contributed by atoms with Gasteiger partial charge in [-0.3, -0.25) is 4.98 Å². The van der Waals surface area contributed by atoms with Gasteiger partial charge in [0.2, 0.25) is 0 Å². The maximum Gasteiger partial charge on any atom is 0.134 e. The van der Waals surface area contributed by atoms with Crippen LogP contribution in [0.25, 0.3) is 33.2 Å². The molecule has 6 rings (SSSR count). The van der Waals surface area contributed by atoms with Crippen molar-refractivity contribution >= 4 is 21.9 Å². The molecule has 0 aliphatic carbocycles. The lowest BCUT2D eigenvalue weighted by Gasteiger charge is -2.31. The number of ether oxygens (including phenoxy) is 1. The van der Waals surface area contributed by atoms with Gasteiger partial charge < -0.3 is 18.9 Å². The summed E-state index contributed by atoms with van der Waals surface area (Å²) in [6.07, 6.45) is 3.61. The van der Waals surface area contributed by atoms with Crippen LogP contribution >= 0.6 is 0 Å². The molecule has 0 radical (unpaired) electrons. The van der Waals surface area contributed by atoms with E-state index in [2.05, 4.69) is 44.3 Å². The van der Waals surface area contributed by atoms with Crippen molar-refractivity contribution in [2.45, 2.75) is 52.2 Å². The largest absolute Gasteiger partial charge is 0.386 e. The molecule has 1 fully saturated rings. The van der Waals surface area contributed by atoms with Crippen LogP contribution in [0.2, 0.25) is 0 Å². The van der Waals surface area contributed by atoms with Crippen molar-refractivity contribution in [2.24, 2.45) is 13.0 Å². The van der Waals surface area contributed by atoms with E-state index in [1.54, 1.807) is 20.0 Å². The normalized spacial score (nSPS) is 16.2. The second-order valence-corrected chi connectivity index (χ2v) is 10.7. The second kappa shape index (κ2) is 8.78. The van der Waals surface area contributed by atoms with Crippen molar-refractivity contribution in [3.63, 3.8) is 0 Å². The van der Waals surface area contributed by atoms with Crippen molar-refractivity contribution < 1.29 is 14.4 Å². The minimum absolute atomic E-state index is 0.0822. The molecule has 1 atom stereocenters. The van der Waals surface area contributed by atoms with Gasteiger partial charge in [0, 0.05) is 49.0 Å². The number of pyridine rings is 1. The van der Waals surface area contributed by atoms with Gasteiger partial charge in [-0.1, -0.05) is 16.4 Å². The van der Waals surface area contributed by atoms with Crippen LogP contribution in [0.3, 0.4) is 0 Å². The average Bonchev–Trinajstić information content (AvgIpc) is 3.54. The molecule has 5 aromatic rings. The van der Waals surface area contributed by atoms with Crippen molar-refractivity contribution in [3.05, 3.63) is 59.2 Å². The number of aryl methyl sites for hydroxylation is 3. The Bertz CT molecular complexity index is 1580. The molecule has 4 aromatic heterocycles. The first-order chi connectivity index (χ1) is 17.7. The monoisotopic (exact) mass is 500 g/mol. The van der Waals surface area contributed by atoms with E-state index in [4.69, 9.17) is 14.2 Å². The fourth-order valence-corrected chi connectivity index (χ4v) is 5.68. The SMILES string of the molecule is Cc1cc([C@H](C2CCOCC2)n2c3cc(-c4c(C)nnn4C)ccc3c3ncc(C(C)(C)O)cc32)no1. The van der Waals surface area contributed by atoms with Gasteiger partial charge in [-0.25, -0.2) is 4.68 Å². The Morgan fingerprint density at radius 3 is 2.51 bits per heavy atom. The van der Waals surface area contributed by atoms with Gasteiger partial charge in [-0.2, -0.15) is 0 Å². The minimum atomic E-state index is -1.02. The van der Waals surface area contributed by atoms with Crippen molar-refractivity contribution in [2.75, 3.05) is 13.2 Å². The van der Waals surface area contributed by atoms with E-state index in [1.807, 2.05) is 31.6 Å². The highest BCUT2D eigenvalue weighted by Gasteiger charge is 2.33. The second-order valence-electron chi connectivity index (χ2n) is 10.7. The number of nitrogens with zero attached hydrogens (tertiary/aromatic N) is 6. The molecule has 1 aromatic carbocycles. The third-order valence-corrected chi connectivity index (χ3v) is 7.55. The fraction of sp³-hybridized carbons (Fsp3) is 0.429. The van der Waals surface area contributed by atoms with E-state index in [9.17, 15) is 5.11 Å². The first-order valence-corrected chi connectivity index (χ1v) is 12.8. The summed E-state index contributed by atoms with van der Waals surface area (Å²) < 4.78 is 15.5. The molecular formula is C28H32N6O3. The summed E-state index contributed by atoms with van der Waals surface area (Å²) in [6, 6.07) is 10.4. The summed E-state index contributed by atoms with van der Waals surface area (Å²) in [6.45, 7) is 8.91. The minimum Gasteiger partial charge on any atom is -0.386 e. The lowest BCUT2D eigenvalue weighted by atomic mass is 9.89. The summed E-state index contributed by atoms with van der Waals surface area (Å²) in [5, 5.41) is 24.9. The molecule has 0 spiro atoms. The van der Waals surface area contributed by atoms with E-state index < -0.39 is 5.60 Å². The smallest absolute Gasteiger partial charge is 0.134 e. The number of fused-ring (bicyclic) bond motifs is 3. The van der Waals surface area contributed by atoms with Gasteiger partial charge in [0.05, 0.1) is 39.6 Å². The number of aromatic nitrogens is 6. The first-order valence-electron chi connectivity index (χ1n) is 12.8. The quantitative estimate of drug-likeness (QED) is 0.368. The van der Waals surface area contributed by atoms with Crippen molar-refractivity contribution in [1.29, 1.82) is 0 Å². The lowest BCUT2D eigenvalue weighted by molar-refractivity contribution is 0.0543. The van der Waals surface area contributed by atoms with Crippen molar-refractivity contribution in [3.8, 4) is 11.3 Å². The molecule has 0 amide bonds. The zero-order valence-electron chi connectivity index (χ0n) is 21.9. The molecule has 9 nitrogen and oxygen atoms in total. The van der Waals surface area contributed by atoms with E-state index in [1.165, 1.54) is 0 Å². The van der Waals surface area contributed by atoms with Gasteiger partial charge in [0.15, 0.2) is 0 Å². The van der Waals surface area contributed by atoms with Crippen LogP contribution in [0, 0.1) is 19.8 Å². The van der Waals surface area contributed by atoms with E-state index >= 15 is 0 Å². The summed E-state index contributed by atoms with van der Waals surface area (Å²) in [5.41, 5.74) is 6.42. The van der Waals surface area contributed by atoms with Crippen LogP contribution in [0.5, 0.6) is 0 Å². The van der Waals surface area contributed by atoms with E-state index in [0.29, 0.717) is 19.1 Å². The lowest BCUT2D eigenvalue weighted by Crippen LogP contribution is -2.27. The number of hydrogen-bond acceptors (Lipinski definition) is 7. The standard InChI is InChI=1S/C28H32N6O3/c1-16-12-22(31-37-16)27(18-8-10-36-11-9-18)34-23-13-19(26-17(2)30-32-33(26)5)6-7-21(23)25-24(34)14-20(15-29-25)28(3,4)35/h6-7,12-15,18,27,35H,8-11H2,1-5H3/t27-/m0/s1. The predicted octanol–water partition coefficient (Wildman–Crippen LogP) is 4.83. The van der Waals surface area contributed by atoms with Crippen LogP contribution in [0.15, 0.2) is 41.1 Å². The maximum atomic E-state index is 10.8. The van der Waals surface area contributed by atoms with Gasteiger partial charge >= 0.3 is 0 Å². The van der Waals surface area contributed by atoms with Gasteiger partial charge in [-0.15, -0.1) is 5.10 Å². The third-order valence-electron chi connectivity index (χ3n) is 7.55. The Morgan fingerprint density at radius 2 is 1.86 bits per heavy atom. The molecule has 37 heavy (non-hydrogen) atoms. The summed E-state index contributed by atoms with van der Waals surface area (Å²) in [4.78, 5) is 4.87. The Hall–Kier alpha value is -3.56. The number of aliphatic hydroxyl groups is 1. The Labute approximate surface area is 215 Å². The average molecular weight is 501 g/mol. The highest BCUT2D eigenvalue weighted by atomic mass is 16.5. The number of hydrogen-bond donors (Lipinski definition) is 1. The predicted molar refractivity (Wildman–Crippen MR) is 140 cm³/mol. The molecule has 0 unspecified atom stereocenters. The van der Waals surface area contributed by atoms with Gasteiger partial charge in [0.1, 0.15) is 11.5 Å². The van der Waals surface area contributed by atoms with Crippen LogP contribution in [-0.4, -0.2) is 48.0 Å². The zero-order valence-corrected chi connectivity index (χ0v) is 21.9. The summed E-state index contributed by atoms with van der Waals surface area (Å²) in [7, 11) is 1.91. The Kier molecular flexibility index (Phi) is 5.65. The van der Waals surface area contributed by atoms with E-state index in [-0.39, 0.29) is 6.04 Å². The molecular weight excluding hydrogens is 468 g/mol. The molecule has 1 saturated heterocycles. The molecule has 1 N–H and O–H groups in total. The number of benzene rings is 1. The molecule has 5 heterocycles. The molecule has 192 valence electrons. The van der Waals surface area contributed by atoms with E-state index in [0.717, 1.165) is 68.7 Å². The van der Waals surface area contributed by atoms with Crippen LogP contribution < -0.4 is 0 Å². The van der Waals surface area contributed by atoms with Crippen LogP contribution in [0.4, 0.5) is 0 Å². The van der Waals surface area contributed by atoms with Gasteiger partial charge in [-0.05, 0) is 64.7 Å².